The third-order valence-electron chi connectivity index (χ3n) is 14.2. The number of benzene rings is 12. The Hall–Kier alpha value is -9.24. The molecule has 334 valence electrons. The maximum Gasteiger partial charge on any atom is 0.0490 e. The molecular weight excluding hydrogens is 857 g/mol. The van der Waals surface area contributed by atoms with Gasteiger partial charge >= 0.3 is 0 Å². The average molecular weight is 905 g/mol. The Labute approximate surface area is 415 Å². The molecule has 2 heteroatoms. The highest BCUT2D eigenvalue weighted by Gasteiger charge is 2.39. The lowest BCUT2D eigenvalue weighted by atomic mass is 9.65. The van der Waals surface area contributed by atoms with E-state index >= 15 is 0 Å². The molecule has 0 amide bonds. The summed E-state index contributed by atoms with van der Waals surface area (Å²) in [5, 5.41) is 4.85. The van der Waals surface area contributed by atoms with Gasteiger partial charge in [-0.05, 0) is 168 Å². The number of hydrogen-bond donors (Lipinski definition) is 0. The quantitative estimate of drug-likeness (QED) is 0.135. The molecule has 0 atom stereocenters. The summed E-state index contributed by atoms with van der Waals surface area (Å²) in [6.07, 6.45) is 0. The predicted molar refractivity (Wildman–Crippen MR) is 302 cm³/mol. The minimum atomic E-state index is 1.10. The molecule has 0 fully saturated rings. The van der Waals surface area contributed by atoms with E-state index in [2.05, 4.69) is 290 Å². The fraction of sp³-hybridized carbons (Fsp3) is 0.0145. The van der Waals surface area contributed by atoms with Crippen molar-refractivity contribution in [2.24, 2.45) is 0 Å². The summed E-state index contributed by atoms with van der Waals surface area (Å²) in [5.74, 6) is 0. The van der Waals surface area contributed by atoms with Crippen molar-refractivity contribution in [3.63, 3.8) is 0 Å². The Morgan fingerprint density at radius 3 is 0.845 bits per heavy atom. The van der Waals surface area contributed by atoms with Crippen LogP contribution >= 0.6 is 0 Å². The molecule has 0 unspecified atom stereocenters. The number of rotatable bonds is 10. The lowest BCUT2D eigenvalue weighted by Gasteiger charge is -2.38. The summed E-state index contributed by atoms with van der Waals surface area (Å²) in [5.41, 5.74) is 22.8. The van der Waals surface area contributed by atoms with Gasteiger partial charge in [0, 0.05) is 34.1 Å². The van der Waals surface area contributed by atoms with Gasteiger partial charge in [-0.3, -0.25) is 0 Å². The monoisotopic (exact) mass is 904 g/mol. The van der Waals surface area contributed by atoms with Crippen LogP contribution in [0.15, 0.2) is 273 Å². The van der Waals surface area contributed by atoms with E-state index in [1.165, 1.54) is 93.9 Å². The highest BCUT2D eigenvalue weighted by atomic mass is 15.1. The molecule has 12 aromatic rings. The fourth-order valence-corrected chi connectivity index (χ4v) is 11.2. The number of nitrogens with zero attached hydrogens (tertiary/aromatic N) is 2. The van der Waals surface area contributed by atoms with Gasteiger partial charge in [-0.25, -0.2) is 0 Å². The molecule has 0 saturated carbocycles. The Morgan fingerprint density at radius 2 is 0.493 bits per heavy atom. The van der Waals surface area contributed by atoms with Crippen LogP contribution in [-0.4, -0.2) is 0 Å². The van der Waals surface area contributed by atoms with Gasteiger partial charge in [0.05, 0.1) is 0 Å². The van der Waals surface area contributed by atoms with Crippen LogP contribution < -0.4 is 9.80 Å². The van der Waals surface area contributed by atoms with Crippen LogP contribution in [0.25, 0.3) is 88.3 Å². The third-order valence-corrected chi connectivity index (χ3v) is 14.2. The molecule has 0 radical (unpaired) electrons. The highest BCUT2D eigenvalue weighted by Crippen LogP contribution is 2.66. The summed E-state index contributed by atoms with van der Waals surface area (Å²) in [7, 11) is 0. The average Bonchev–Trinajstić information content (AvgIpc) is 3.44. The number of fused-ring (bicyclic) bond motifs is 6. The summed E-state index contributed by atoms with van der Waals surface area (Å²) in [4.78, 5) is 4.80. The maximum absolute atomic E-state index is 2.46. The third kappa shape index (κ3) is 7.11. The van der Waals surface area contributed by atoms with Gasteiger partial charge < -0.3 is 9.80 Å². The van der Waals surface area contributed by atoms with Gasteiger partial charge in [-0.2, -0.15) is 0 Å². The van der Waals surface area contributed by atoms with Crippen molar-refractivity contribution in [1.82, 2.24) is 0 Å². The second kappa shape index (κ2) is 17.7. The Kier molecular flexibility index (Phi) is 10.4. The second-order valence-electron chi connectivity index (χ2n) is 18.4. The SMILES string of the molecule is Cc1ccccc1N(c1ccccc1)c1ccc2c(-c3ccccc3)c3c(c(-c4ccccc4)c2c1)-c1c-3c(-c2ccccc2)c2cc(N(c3ccccc3)c3ccccc3)ccc2c1-c1ccccc1. The van der Waals surface area contributed by atoms with Gasteiger partial charge in [0.25, 0.3) is 0 Å². The molecule has 71 heavy (non-hydrogen) atoms. The summed E-state index contributed by atoms with van der Waals surface area (Å²) in [6.45, 7) is 2.21. The molecule has 1 aliphatic carbocycles. The molecule has 0 aliphatic heterocycles. The first-order chi connectivity index (χ1) is 35.2. The molecule has 13 rings (SSSR count). The molecule has 0 aromatic heterocycles. The number of aryl methyl sites for hydroxylation is 1. The van der Waals surface area contributed by atoms with Crippen LogP contribution in [0.3, 0.4) is 0 Å². The largest absolute Gasteiger partial charge is 0.310 e. The Bertz CT molecular complexity index is 3850. The van der Waals surface area contributed by atoms with Gasteiger partial charge in [0.1, 0.15) is 0 Å². The Morgan fingerprint density at radius 1 is 0.211 bits per heavy atom. The van der Waals surface area contributed by atoms with E-state index in [-0.39, 0.29) is 0 Å². The molecule has 0 spiro atoms. The van der Waals surface area contributed by atoms with E-state index in [9.17, 15) is 0 Å². The minimum absolute atomic E-state index is 1.10. The topological polar surface area (TPSA) is 6.48 Å². The first kappa shape index (κ1) is 41.9. The van der Waals surface area contributed by atoms with Crippen LogP contribution in [0.2, 0.25) is 0 Å². The molecule has 0 heterocycles. The molecular formula is C69H48N2. The second-order valence-corrected chi connectivity index (χ2v) is 18.4. The van der Waals surface area contributed by atoms with Crippen molar-refractivity contribution < 1.29 is 0 Å². The number of anilines is 6. The van der Waals surface area contributed by atoms with Crippen molar-refractivity contribution in [3.05, 3.63) is 279 Å². The predicted octanol–water partition coefficient (Wildman–Crippen LogP) is 19.6. The zero-order valence-electron chi connectivity index (χ0n) is 39.4. The number of para-hydroxylation sites is 4. The van der Waals surface area contributed by atoms with Crippen LogP contribution in [0.4, 0.5) is 34.1 Å². The Balaban J connectivity index is 1.19. The van der Waals surface area contributed by atoms with Crippen molar-refractivity contribution in [3.8, 4) is 66.8 Å². The van der Waals surface area contributed by atoms with E-state index in [0.29, 0.717) is 0 Å². The van der Waals surface area contributed by atoms with E-state index in [0.717, 1.165) is 34.1 Å². The summed E-state index contributed by atoms with van der Waals surface area (Å²) >= 11 is 0. The van der Waals surface area contributed by atoms with Gasteiger partial charge in [-0.1, -0.05) is 206 Å². The van der Waals surface area contributed by atoms with Crippen molar-refractivity contribution >= 4 is 55.7 Å². The van der Waals surface area contributed by atoms with Crippen molar-refractivity contribution in [2.45, 2.75) is 6.92 Å². The van der Waals surface area contributed by atoms with Gasteiger partial charge in [0.15, 0.2) is 0 Å². The normalized spacial score (nSPS) is 11.5. The molecule has 1 aliphatic rings. The molecule has 12 aromatic carbocycles. The molecule has 0 saturated heterocycles. The van der Waals surface area contributed by atoms with E-state index in [1.54, 1.807) is 0 Å². The molecule has 0 bridgehead atoms. The highest BCUT2D eigenvalue weighted by molar-refractivity contribution is 6.33. The van der Waals surface area contributed by atoms with Crippen LogP contribution in [-0.2, 0) is 0 Å². The van der Waals surface area contributed by atoms with Crippen LogP contribution in [0.5, 0.6) is 0 Å². The maximum atomic E-state index is 2.46. The van der Waals surface area contributed by atoms with Gasteiger partial charge in [0.2, 0.25) is 0 Å². The fourth-order valence-electron chi connectivity index (χ4n) is 11.2. The smallest absolute Gasteiger partial charge is 0.0490 e. The van der Waals surface area contributed by atoms with Gasteiger partial charge in [-0.15, -0.1) is 0 Å². The van der Waals surface area contributed by atoms with E-state index in [1.807, 2.05) is 0 Å². The first-order valence-corrected chi connectivity index (χ1v) is 24.5. The van der Waals surface area contributed by atoms with Crippen LogP contribution in [0, 0.1) is 6.92 Å². The first-order valence-electron chi connectivity index (χ1n) is 24.5. The van der Waals surface area contributed by atoms with E-state index in [4.69, 9.17) is 0 Å². The van der Waals surface area contributed by atoms with Crippen LogP contribution in [0.1, 0.15) is 5.56 Å². The van der Waals surface area contributed by atoms with E-state index < -0.39 is 0 Å². The molecule has 0 N–H and O–H groups in total. The van der Waals surface area contributed by atoms with Crippen molar-refractivity contribution in [1.29, 1.82) is 0 Å². The van der Waals surface area contributed by atoms with Crippen molar-refractivity contribution in [2.75, 3.05) is 9.80 Å². The molecule has 2 nitrogen and oxygen atoms in total. The zero-order valence-corrected chi connectivity index (χ0v) is 39.4. The lowest BCUT2D eigenvalue weighted by Crippen LogP contribution is -2.13. The lowest BCUT2D eigenvalue weighted by molar-refractivity contribution is 1.25. The standard InChI is InChI=1S/C69H48N2/c1-47-25-23-24-40-61(47)71(54-38-21-8-22-39-54)56-42-44-58-60(46-56)65(51-32-15-5-16-33-51)69-66-62(48-26-9-2-10-27-48)57-43-41-55(70(52-34-17-6-18-35-52)53-36-19-7-20-37-53)45-59(57)64(50-30-13-4-14-31-50)68(66)67(69)63(58)49-28-11-3-12-29-49/h2-46H,1H3. The zero-order chi connectivity index (χ0) is 47.3. The summed E-state index contributed by atoms with van der Waals surface area (Å²) in [6, 6.07) is 99.7. The minimum Gasteiger partial charge on any atom is -0.310 e. The summed E-state index contributed by atoms with van der Waals surface area (Å²) < 4.78 is 0. The number of hydrogen-bond acceptors (Lipinski definition) is 2.